The molecule has 1 amide bonds. The number of hydrogen-bond donors (Lipinski definition) is 0. The van der Waals surface area contributed by atoms with E-state index in [4.69, 9.17) is 9.47 Å². The second-order valence-electron chi connectivity index (χ2n) is 6.83. The monoisotopic (exact) mass is 357 g/mol. The summed E-state index contributed by atoms with van der Waals surface area (Å²) in [6.07, 6.45) is 4.75. The first kappa shape index (κ1) is 17.0. The van der Waals surface area contributed by atoms with Crippen LogP contribution in [-0.2, 0) is 22.6 Å². The molecule has 0 unspecified atom stereocenters. The lowest BCUT2D eigenvalue weighted by Crippen LogP contribution is -2.43. The first-order valence-corrected chi connectivity index (χ1v) is 9.02. The van der Waals surface area contributed by atoms with E-state index in [-0.39, 0.29) is 17.9 Å². The summed E-state index contributed by atoms with van der Waals surface area (Å²) in [6, 6.07) is 4.12. The Bertz CT molecular complexity index is 772. The molecule has 1 saturated heterocycles. The van der Waals surface area contributed by atoms with Gasteiger partial charge in [0.15, 0.2) is 0 Å². The number of ether oxygens (including phenoxy) is 2. The largest absolute Gasteiger partial charge is 0.456 e. The molecule has 0 aromatic carbocycles. The molecule has 138 valence electrons. The van der Waals surface area contributed by atoms with Gasteiger partial charge in [0.25, 0.3) is 0 Å². The van der Waals surface area contributed by atoms with Crippen molar-refractivity contribution in [3.05, 3.63) is 35.9 Å². The van der Waals surface area contributed by atoms with Crippen LogP contribution in [0.3, 0.4) is 0 Å². The van der Waals surface area contributed by atoms with Gasteiger partial charge < -0.3 is 14.4 Å². The van der Waals surface area contributed by atoms with Crippen LogP contribution in [0.4, 0.5) is 0 Å². The number of aromatic nitrogens is 4. The molecule has 0 bridgehead atoms. The molecule has 2 aromatic rings. The summed E-state index contributed by atoms with van der Waals surface area (Å²) < 4.78 is 13.3. The number of hydrogen-bond acceptors (Lipinski definition) is 6. The average molecular weight is 357 g/mol. The molecule has 1 atom stereocenters. The molecule has 26 heavy (non-hydrogen) atoms. The summed E-state index contributed by atoms with van der Waals surface area (Å²) in [4.78, 5) is 23.4. The van der Waals surface area contributed by atoms with Crippen molar-refractivity contribution in [2.24, 2.45) is 5.92 Å². The molecule has 2 aliphatic rings. The van der Waals surface area contributed by atoms with Gasteiger partial charge in [-0.1, -0.05) is 0 Å². The minimum Gasteiger partial charge on any atom is -0.456 e. The maximum atomic E-state index is 13.0. The van der Waals surface area contributed by atoms with Gasteiger partial charge in [0, 0.05) is 37.2 Å². The van der Waals surface area contributed by atoms with E-state index in [1.807, 2.05) is 28.6 Å². The summed E-state index contributed by atoms with van der Waals surface area (Å²) in [7, 11) is 0. The highest BCUT2D eigenvalue weighted by atomic mass is 16.5. The fourth-order valence-corrected chi connectivity index (χ4v) is 3.49. The van der Waals surface area contributed by atoms with Gasteiger partial charge in [-0.05, 0) is 31.9 Å². The van der Waals surface area contributed by atoms with Crippen LogP contribution < -0.4 is 4.74 Å². The van der Waals surface area contributed by atoms with Crippen LogP contribution in [-0.4, -0.2) is 56.4 Å². The van der Waals surface area contributed by atoms with Gasteiger partial charge in [0.05, 0.1) is 25.3 Å². The summed E-state index contributed by atoms with van der Waals surface area (Å²) in [5.74, 6) is 0.191. The first-order valence-electron chi connectivity index (χ1n) is 9.02. The minimum absolute atomic E-state index is 0.0223. The van der Waals surface area contributed by atoms with Gasteiger partial charge >= 0.3 is 6.01 Å². The molecule has 8 nitrogen and oxygen atoms in total. The molecular formula is C18H23N5O3. The number of fused-ring (bicyclic) bond motifs is 1. The molecule has 2 aromatic heterocycles. The van der Waals surface area contributed by atoms with Crippen LogP contribution in [0.2, 0.25) is 0 Å². The molecule has 0 saturated carbocycles. The molecule has 0 aliphatic carbocycles. The van der Waals surface area contributed by atoms with Crippen molar-refractivity contribution in [1.82, 2.24) is 24.6 Å². The highest BCUT2D eigenvalue weighted by molar-refractivity contribution is 5.79. The Kier molecular flexibility index (Phi) is 4.83. The smallest absolute Gasteiger partial charge is 0.316 e. The quantitative estimate of drug-likeness (QED) is 0.821. The lowest BCUT2D eigenvalue weighted by atomic mass is 9.98. The van der Waals surface area contributed by atoms with E-state index in [1.165, 1.54) is 0 Å². The fourth-order valence-electron chi connectivity index (χ4n) is 3.49. The van der Waals surface area contributed by atoms with Crippen LogP contribution in [0.5, 0.6) is 6.01 Å². The van der Waals surface area contributed by atoms with E-state index >= 15 is 0 Å². The zero-order chi connectivity index (χ0) is 17.9. The van der Waals surface area contributed by atoms with Gasteiger partial charge in [-0.2, -0.15) is 5.10 Å². The minimum atomic E-state index is -0.248. The van der Waals surface area contributed by atoms with Crippen molar-refractivity contribution in [1.29, 1.82) is 0 Å². The number of carbonyl (C=O) groups excluding carboxylic acids is 1. The topological polar surface area (TPSA) is 82.4 Å². The molecule has 2 aliphatic heterocycles. The van der Waals surface area contributed by atoms with Crippen LogP contribution in [0.25, 0.3) is 0 Å². The second-order valence-corrected chi connectivity index (χ2v) is 6.83. The number of amides is 1. The third kappa shape index (κ3) is 3.70. The molecule has 4 rings (SSSR count). The van der Waals surface area contributed by atoms with Gasteiger partial charge in [-0.3, -0.25) is 9.48 Å². The zero-order valence-electron chi connectivity index (χ0n) is 14.9. The van der Waals surface area contributed by atoms with Crippen molar-refractivity contribution in [3.8, 4) is 6.01 Å². The molecule has 0 spiro atoms. The normalized spacial score (nSPS) is 21.1. The van der Waals surface area contributed by atoms with Crippen LogP contribution in [0, 0.1) is 12.8 Å². The highest BCUT2D eigenvalue weighted by Crippen LogP contribution is 2.22. The molecule has 1 fully saturated rings. The number of aryl methyl sites for hydroxylation is 1. The number of nitrogens with zero attached hydrogens (tertiary/aromatic N) is 5. The maximum Gasteiger partial charge on any atom is 0.316 e. The number of carbonyl (C=O) groups is 1. The third-order valence-corrected chi connectivity index (χ3v) is 4.88. The Labute approximate surface area is 152 Å². The Balaban J connectivity index is 1.54. The molecule has 8 heteroatoms. The van der Waals surface area contributed by atoms with Gasteiger partial charge in [0.2, 0.25) is 5.91 Å². The highest BCUT2D eigenvalue weighted by Gasteiger charge is 2.32. The van der Waals surface area contributed by atoms with Crippen LogP contribution in [0.15, 0.2) is 24.5 Å². The zero-order valence-corrected chi connectivity index (χ0v) is 14.9. The van der Waals surface area contributed by atoms with E-state index in [9.17, 15) is 4.79 Å². The standard InChI is InChI=1S/C18H23N5O3/c1-13-2-6-19-18(21-13)26-16-11-22(10-15-3-7-20-23(15)12-16)17(24)14-4-8-25-9-5-14/h2-3,6-7,14,16H,4-5,8-12H2,1H3/t16-/m1/s1. The predicted octanol–water partition coefficient (Wildman–Crippen LogP) is 1.20. The molecule has 0 radical (unpaired) electrons. The van der Waals surface area contributed by atoms with Gasteiger partial charge in [0.1, 0.15) is 6.10 Å². The van der Waals surface area contributed by atoms with Gasteiger partial charge in [-0.15, -0.1) is 0 Å². The second kappa shape index (κ2) is 7.41. The molecular weight excluding hydrogens is 334 g/mol. The Morgan fingerprint density at radius 3 is 2.88 bits per heavy atom. The van der Waals surface area contributed by atoms with Crippen molar-refractivity contribution in [2.75, 3.05) is 19.8 Å². The lowest BCUT2D eigenvalue weighted by molar-refractivity contribution is -0.140. The van der Waals surface area contributed by atoms with E-state index in [2.05, 4.69) is 15.1 Å². The van der Waals surface area contributed by atoms with Crippen molar-refractivity contribution >= 4 is 5.91 Å². The van der Waals surface area contributed by atoms with E-state index in [1.54, 1.807) is 12.4 Å². The Hall–Kier alpha value is -2.48. The average Bonchev–Trinajstić information content (AvgIpc) is 3.00. The predicted molar refractivity (Wildman–Crippen MR) is 92.4 cm³/mol. The fraction of sp³-hybridized carbons (Fsp3) is 0.556. The van der Waals surface area contributed by atoms with Crippen molar-refractivity contribution in [2.45, 2.75) is 39.0 Å². The number of rotatable bonds is 3. The summed E-state index contributed by atoms with van der Waals surface area (Å²) in [5, 5.41) is 4.37. The Morgan fingerprint density at radius 1 is 1.23 bits per heavy atom. The lowest BCUT2D eigenvalue weighted by Gasteiger charge is -2.29. The third-order valence-electron chi connectivity index (χ3n) is 4.88. The molecule has 0 N–H and O–H groups in total. The SMILES string of the molecule is Cc1ccnc(O[C@@H]2CN(C(=O)C3CCOCC3)Cc3ccnn3C2)n1. The molecule has 4 heterocycles. The summed E-state index contributed by atoms with van der Waals surface area (Å²) >= 11 is 0. The van der Waals surface area contributed by atoms with Crippen LogP contribution in [0.1, 0.15) is 24.2 Å². The Morgan fingerprint density at radius 2 is 2.08 bits per heavy atom. The van der Waals surface area contributed by atoms with Gasteiger partial charge in [-0.25, -0.2) is 9.97 Å². The maximum absolute atomic E-state index is 13.0. The van der Waals surface area contributed by atoms with E-state index in [0.717, 1.165) is 24.2 Å². The van der Waals surface area contributed by atoms with E-state index < -0.39 is 0 Å². The van der Waals surface area contributed by atoms with Crippen LogP contribution >= 0.6 is 0 Å². The summed E-state index contributed by atoms with van der Waals surface area (Å²) in [6.45, 7) is 4.81. The summed E-state index contributed by atoms with van der Waals surface area (Å²) in [5.41, 5.74) is 1.86. The van der Waals surface area contributed by atoms with Crippen molar-refractivity contribution < 1.29 is 14.3 Å². The van der Waals surface area contributed by atoms with Crippen molar-refractivity contribution in [3.63, 3.8) is 0 Å². The van der Waals surface area contributed by atoms with E-state index in [0.29, 0.717) is 38.9 Å². The first-order chi connectivity index (χ1) is 12.7.